The number of hydrogen-bond donors (Lipinski definition) is 0. The van der Waals surface area contributed by atoms with Gasteiger partial charge in [0.25, 0.3) is 11.6 Å². The van der Waals surface area contributed by atoms with E-state index in [-0.39, 0.29) is 5.82 Å². The van der Waals surface area contributed by atoms with E-state index in [4.69, 9.17) is 23.7 Å². The van der Waals surface area contributed by atoms with Crippen LogP contribution in [0.5, 0.6) is 17.2 Å². The lowest BCUT2D eigenvalue weighted by Crippen LogP contribution is -2.50. The number of nitrogens with zero attached hydrogens (tertiary/aromatic N) is 2. The highest BCUT2D eigenvalue weighted by Crippen LogP contribution is 2.45. The van der Waals surface area contributed by atoms with E-state index in [0.717, 1.165) is 10.3 Å². The van der Waals surface area contributed by atoms with Crippen LogP contribution in [0.25, 0.3) is 0 Å². The summed E-state index contributed by atoms with van der Waals surface area (Å²) in [6, 6.07) is 12.8. The van der Waals surface area contributed by atoms with Crippen LogP contribution in [0.1, 0.15) is 48.1 Å². The molecule has 0 amide bonds. The first-order valence-corrected chi connectivity index (χ1v) is 12.1. The van der Waals surface area contributed by atoms with Crippen molar-refractivity contribution < 1.29 is 38.0 Å². The molecule has 0 spiro atoms. The summed E-state index contributed by atoms with van der Waals surface area (Å²) in [5, 5.41) is 13.7. The number of carbonyl (C=O) groups excluding carboxylic acids is 2. The summed E-state index contributed by atoms with van der Waals surface area (Å²) < 4.78 is 30.1. The number of imidazole rings is 1. The van der Waals surface area contributed by atoms with Crippen molar-refractivity contribution in [2.75, 3.05) is 21.3 Å². The van der Waals surface area contributed by atoms with Crippen molar-refractivity contribution in [2.45, 2.75) is 45.9 Å². The largest absolute Gasteiger partial charge is 0.711 e. The van der Waals surface area contributed by atoms with Gasteiger partial charge < -0.3 is 28.9 Å². The van der Waals surface area contributed by atoms with E-state index in [1.54, 1.807) is 19.1 Å². The summed E-state index contributed by atoms with van der Waals surface area (Å²) in [5.41, 5.74) is 2.47. The number of benzene rings is 2. The Morgan fingerprint density at radius 3 is 2.03 bits per heavy atom. The molecule has 0 bridgehead atoms. The molecular weight excluding hydrogens is 492 g/mol. The van der Waals surface area contributed by atoms with Crippen LogP contribution >= 0.6 is 0 Å². The van der Waals surface area contributed by atoms with Crippen molar-refractivity contribution in [1.29, 1.82) is 0 Å². The van der Waals surface area contributed by atoms with E-state index >= 15 is 0 Å². The van der Waals surface area contributed by atoms with Crippen molar-refractivity contribution >= 4 is 11.9 Å². The zero-order chi connectivity index (χ0) is 27.8. The predicted molar refractivity (Wildman–Crippen MR) is 136 cm³/mol. The Labute approximate surface area is 221 Å². The van der Waals surface area contributed by atoms with Crippen LogP contribution in [0.3, 0.4) is 0 Å². The van der Waals surface area contributed by atoms with Crippen LogP contribution in [0.4, 0.5) is 0 Å². The number of ether oxygens (including phenoxy) is 5. The van der Waals surface area contributed by atoms with E-state index in [1.807, 2.05) is 41.8 Å². The third-order valence-corrected chi connectivity index (χ3v) is 6.76. The number of aromatic nitrogens is 2. The molecule has 2 aromatic carbocycles. The zero-order valence-electron chi connectivity index (χ0n) is 22.6. The Morgan fingerprint density at radius 1 is 0.974 bits per heavy atom. The number of rotatable bonds is 8. The second-order valence-electron chi connectivity index (χ2n) is 9.55. The van der Waals surface area contributed by atoms with Crippen LogP contribution in [0.2, 0.25) is 0 Å². The normalized spacial score (nSPS) is 16.0. The molecule has 0 radical (unpaired) electrons. The standard InChI is InChI=1S/C28H32N2O8/c1-16-17(2)30(33)25(29(16)15-18-11-9-8-10-12-18)22(23-26(31)37-28(3,4)38-27(23)32)19-13-20(34-5)24(36-7)21(14-19)35-6/h8-14,22-23H,15H2,1-7H3/t22-/m1/s1. The summed E-state index contributed by atoms with van der Waals surface area (Å²) in [4.78, 5) is 26.8. The monoisotopic (exact) mass is 524 g/mol. The highest BCUT2D eigenvalue weighted by atomic mass is 16.7. The molecule has 1 aliphatic heterocycles. The average Bonchev–Trinajstić information content (AvgIpc) is 3.08. The summed E-state index contributed by atoms with van der Waals surface area (Å²) in [6.07, 6.45) is 0. The minimum Gasteiger partial charge on any atom is -0.711 e. The van der Waals surface area contributed by atoms with Gasteiger partial charge in [0.2, 0.25) is 5.75 Å². The lowest BCUT2D eigenvalue weighted by molar-refractivity contribution is -0.621. The third-order valence-electron chi connectivity index (χ3n) is 6.76. The second kappa shape index (κ2) is 10.3. The molecule has 0 saturated carbocycles. The van der Waals surface area contributed by atoms with Crippen LogP contribution < -0.4 is 18.9 Å². The maximum Gasteiger partial charge on any atom is 0.324 e. The Bertz CT molecular complexity index is 1320. The SMILES string of the molecule is COc1cc([C@@H](c2n(Cc3ccccc3)c(C)c(C)[n+]2[O-])C2C(=O)OC(C)(C)OC2=O)cc(OC)c1OC. The summed E-state index contributed by atoms with van der Waals surface area (Å²) >= 11 is 0. The zero-order valence-corrected chi connectivity index (χ0v) is 22.6. The van der Waals surface area contributed by atoms with Gasteiger partial charge in [-0.2, -0.15) is 0 Å². The number of cyclic esters (lactones) is 2. The Hall–Kier alpha value is -4.21. The molecule has 0 unspecified atom stereocenters. The molecular formula is C28H32N2O8. The molecule has 38 heavy (non-hydrogen) atoms. The first-order valence-electron chi connectivity index (χ1n) is 12.1. The Balaban J connectivity index is 2.01. The molecule has 4 rings (SSSR count). The molecule has 1 saturated heterocycles. The number of methoxy groups -OCH3 is 3. The number of hydrogen-bond acceptors (Lipinski definition) is 8. The van der Waals surface area contributed by atoms with E-state index in [1.165, 1.54) is 35.2 Å². The van der Waals surface area contributed by atoms with Gasteiger partial charge in [-0.3, -0.25) is 9.59 Å². The van der Waals surface area contributed by atoms with Crippen LogP contribution in [-0.2, 0) is 25.6 Å². The lowest BCUT2D eigenvalue weighted by Gasteiger charge is -2.35. The molecule has 1 atom stereocenters. The van der Waals surface area contributed by atoms with E-state index in [0.29, 0.717) is 40.7 Å². The first-order chi connectivity index (χ1) is 18.0. The van der Waals surface area contributed by atoms with Crippen LogP contribution in [-0.4, -0.2) is 43.6 Å². The summed E-state index contributed by atoms with van der Waals surface area (Å²) in [5.74, 6) is -4.49. The fourth-order valence-electron chi connectivity index (χ4n) is 4.83. The molecule has 10 heteroatoms. The minimum atomic E-state index is -1.46. The van der Waals surface area contributed by atoms with Gasteiger partial charge in [-0.25, -0.2) is 9.30 Å². The topological polar surface area (TPSA) is 112 Å². The van der Waals surface area contributed by atoms with Crippen LogP contribution in [0.15, 0.2) is 42.5 Å². The lowest BCUT2D eigenvalue weighted by atomic mass is 9.83. The first kappa shape index (κ1) is 26.8. The fourth-order valence-corrected chi connectivity index (χ4v) is 4.83. The van der Waals surface area contributed by atoms with Crippen molar-refractivity contribution in [2.24, 2.45) is 5.92 Å². The quantitative estimate of drug-likeness (QED) is 0.191. The smallest absolute Gasteiger partial charge is 0.324 e. The third kappa shape index (κ3) is 4.73. The van der Waals surface area contributed by atoms with Gasteiger partial charge in [-0.1, -0.05) is 30.3 Å². The van der Waals surface area contributed by atoms with E-state index in [9.17, 15) is 14.8 Å². The number of esters is 2. The molecule has 1 fully saturated rings. The van der Waals surface area contributed by atoms with Crippen molar-refractivity contribution in [3.63, 3.8) is 0 Å². The average molecular weight is 525 g/mol. The summed E-state index contributed by atoms with van der Waals surface area (Å²) in [7, 11) is 4.39. The van der Waals surface area contributed by atoms with Gasteiger partial charge in [0.05, 0.1) is 21.3 Å². The van der Waals surface area contributed by atoms with Crippen molar-refractivity contribution in [3.8, 4) is 17.2 Å². The van der Waals surface area contributed by atoms with Crippen LogP contribution in [0, 0.1) is 25.0 Å². The molecule has 0 N–H and O–H groups in total. The van der Waals surface area contributed by atoms with Crippen molar-refractivity contribution in [1.82, 2.24) is 4.57 Å². The molecule has 1 aliphatic rings. The molecule has 1 aromatic heterocycles. The van der Waals surface area contributed by atoms with Crippen molar-refractivity contribution in [3.05, 3.63) is 76.0 Å². The fraction of sp³-hybridized carbons (Fsp3) is 0.393. The van der Waals surface area contributed by atoms with Gasteiger partial charge in [-0.15, -0.1) is 0 Å². The minimum absolute atomic E-state index is 0.178. The molecule has 202 valence electrons. The Morgan fingerprint density at radius 2 is 1.53 bits per heavy atom. The highest BCUT2D eigenvalue weighted by molar-refractivity contribution is 5.98. The predicted octanol–water partition coefficient (Wildman–Crippen LogP) is 3.40. The second-order valence-corrected chi connectivity index (χ2v) is 9.55. The van der Waals surface area contributed by atoms with Gasteiger partial charge in [0, 0.05) is 27.7 Å². The summed E-state index contributed by atoms with van der Waals surface area (Å²) in [6.45, 7) is 6.81. The van der Waals surface area contributed by atoms with E-state index in [2.05, 4.69) is 0 Å². The molecule has 2 heterocycles. The maximum absolute atomic E-state index is 13.7. The van der Waals surface area contributed by atoms with Gasteiger partial charge in [0.1, 0.15) is 23.9 Å². The van der Waals surface area contributed by atoms with Gasteiger partial charge in [0.15, 0.2) is 17.4 Å². The molecule has 3 aromatic rings. The molecule has 0 aliphatic carbocycles. The maximum atomic E-state index is 13.7. The van der Waals surface area contributed by atoms with Gasteiger partial charge >= 0.3 is 11.9 Å². The molecule has 10 nitrogen and oxygen atoms in total. The highest BCUT2D eigenvalue weighted by Gasteiger charge is 2.52. The van der Waals surface area contributed by atoms with E-state index < -0.39 is 29.6 Å². The Kier molecular flexibility index (Phi) is 7.26. The number of carbonyl (C=O) groups is 2. The van der Waals surface area contributed by atoms with Gasteiger partial charge in [-0.05, 0) is 23.3 Å².